The van der Waals surface area contributed by atoms with Crippen molar-refractivity contribution in [1.82, 2.24) is 15.3 Å². The number of phenols is 1. The van der Waals surface area contributed by atoms with Crippen molar-refractivity contribution in [2.75, 3.05) is 31.1 Å². The first kappa shape index (κ1) is 22.8. The lowest BCUT2D eigenvalue weighted by molar-refractivity contribution is 0.132. The number of ether oxygens (including phenoxy) is 1. The topological polar surface area (TPSA) is 87.6 Å². The van der Waals surface area contributed by atoms with Crippen LogP contribution in [0.2, 0.25) is 0 Å². The van der Waals surface area contributed by atoms with Crippen LogP contribution in [0, 0.1) is 24.6 Å². The summed E-state index contributed by atoms with van der Waals surface area (Å²) in [4.78, 5) is 23.3. The average Bonchev–Trinajstić information content (AvgIpc) is 3.24. The van der Waals surface area contributed by atoms with E-state index in [0.29, 0.717) is 31.0 Å². The Kier molecular flexibility index (Phi) is 6.62. The molecule has 0 spiro atoms. The number of nitrogens with one attached hydrogen (secondary N) is 1. The lowest BCUT2D eigenvalue weighted by atomic mass is 10.1. The number of aryl methyl sites for hydroxylation is 1. The third kappa shape index (κ3) is 5.16. The standard InChI is InChI=1S/C25H29FN4O3.3H2/c1-15(2)14-33-25(32)27-12-17-9-10-30(13-17)24-18-8-7-16(3)11-20(18)28-23(29-24)22-19(26)5-4-6-21(22)31;;;/h4-8,11,15,17,31H,9-10,12-14H2,1-3H3,(H,27,32);3*1H/t17-;;;/m0.../s1. The number of benzene rings is 2. The van der Waals surface area contributed by atoms with E-state index in [9.17, 15) is 14.3 Å². The first-order valence-corrected chi connectivity index (χ1v) is 11.2. The van der Waals surface area contributed by atoms with E-state index in [1.807, 2.05) is 39.0 Å². The number of carbonyl (C=O) groups is 1. The van der Waals surface area contributed by atoms with Crippen LogP contribution in [0.25, 0.3) is 22.3 Å². The molecule has 7 nitrogen and oxygen atoms in total. The van der Waals surface area contributed by atoms with E-state index in [4.69, 9.17) is 4.74 Å². The molecule has 2 N–H and O–H groups in total. The van der Waals surface area contributed by atoms with E-state index < -0.39 is 11.9 Å². The van der Waals surface area contributed by atoms with Crippen LogP contribution in [-0.2, 0) is 4.74 Å². The summed E-state index contributed by atoms with van der Waals surface area (Å²) in [5.74, 6) is 0.598. The second kappa shape index (κ2) is 9.60. The van der Waals surface area contributed by atoms with Crippen molar-refractivity contribution < 1.29 is 23.3 Å². The van der Waals surface area contributed by atoms with E-state index in [1.54, 1.807) is 0 Å². The van der Waals surface area contributed by atoms with Crippen molar-refractivity contribution in [3.05, 3.63) is 47.8 Å². The van der Waals surface area contributed by atoms with Crippen LogP contribution in [0.4, 0.5) is 15.0 Å². The number of aromatic hydroxyl groups is 1. The first-order chi connectivity index (χ1) is 15.8. The van der Waals surface area contributed by atoms with Crippen molar-refractivity contribution >= 4 is 22.8 Å². The molecule has 0 saturated carbocycles. The number of rotatable bonds is 6. The largest absolute Gasteiger partial charge is 0.507 e. The number of aromatic nitrogens is 2. The molecule has 180 valence electrons. The van der Waals surface area contributed by atoms with Crippen molar-refractivity contribution in [1.29, 1.82) is 0 Å². The van der Waals surface area contributed by atoms with Gasteiger partial charge in [0.25, 0.3) is 0 Å². The van der Waals surface area contributed by atoms with Crippen molar-refractivity contribution in [2.45, 2.75) is 27.2 Å². The third-order valence-corrected chi connectivity index (χ3v) is 5.72. The highest BCUT2D eigenvalue weighted by Gasteiger charge is 2.27. The average molecular weight is 459 g/mol. The minimum Gasteiger partial charge on any atom is -0.507 e. The summed E-state index contributed by atoms with van der Waals surface area (Å²) >= 11 is 0. The highest BCUT2D eigenvalue weighted by molar-refractivity contribution is 5.92. The van der Waals surface area contributed by atoms with Crippen LogP contribution >= 0.6 is 0 Å². The van der Waals surface area contributed by atoms with Gasteiger partial charge in [-0.05, 0) is 55.0 Å². The lowest BCUT2D eigenvalue weighted by Crippen LogP contribution is -2.32. The van der Waals surface area contributed by atoms with E-state index >= 15 is 0 Å². The highest BCUT2D eigenvalue weighted by atomic mass is 19.1. The summed E-state index contributed by atoms with van der Waals surface area (Å²) < 4.78 is 19.8. The Morgan fingerprint density at radius 3 is 2.91 bits per heavy atom. The molecular formula is C25H35FN4O3. The van der Waals surface area contributed by atoms with Crippen LogP contribution in [-0.4, -0.2) is 47.4 Å². The second-order valence-electron chi connectivity index (χ2n) is 9.00. The number of fused-ring (bicyclic) bond motifs is 1. The van der Waals surface area contributed by atoms with Gasteiger partial charge < -0.3 is 20.1 Å². The van der Waals surface area contributed by atoms with Gasteiger partial charge in [0.2, 0.25) is 0 Å². The molecule has 2 aromatic carbocycles. The maximum absolute atomic E-state index is 14.6. The van der Waals surface area contributed by atoms with Crippen molar-refractivity contribution in [3.63, 3.8) is 0 Å². The number of alkyl carbamates (subject to hydrolysis) is 1. The predicted octanol–water partition coefficient (Wildman–Crippen LogP) is 5.40. The van der Waals surface area contributed by atoms with Crippen LogP contribution in [0.1, 0.15) is 30.1 Å². The van der Waals surface area contributed by atoms with Gasteiger partial charge in [-0.25, -0.2) is 19.2 Å². The molecular weight excluding hydrogens is 423 g/mol. The number of hydrogen-bond acceptors (Lipinski definition) is 6. The van der Waals surface area contributed by atoms with E-state index in [2.05, 4.69) is 20.2 Å². The molecule has 1 aliphatic rings. The third-order valence-electron chi connectivity index (χ3n) is 5.72. The predicted molar refractivity (Wildman–Crippen MR) is 132 cm³/mol. The number of carbonyl (C=O) groups excluding carboxylic acids is 1. The number of halogens is 1. The second-order valence-corrected chi connectivity index (χ2v) is 9.00. The van der Waals surface area contributed by atoms with Crippen molar-refractivity contribution in [2.24, 2.45) is 11.8 Å². The van der Waals surface area contributed by atoms with Gasteiger partial charge in [-0.15, -0.1) is 0 Å². The molecule has 1 aliphatic heterocycles. The Bertz CT molecular complexity index is 1160. The number of anilines is 1. The quantitative estimate of drug-likeness (QED) is 0.514. The zero-order valence-corrected chi connectivity index (χ0v) is 19.1. The fourth-order valence-electron chi connectivity index (χ4n) is 4.02. The van der Waals surface area contributed by atoms with Gasteiger partial charge in [0.05, 0.1) is 17.7 Å². The number of nitrogens with zero attached hydrogens (tertiary/aromatic N) is 3. The fourth-order valence-corrected chi connectivity index (χ4v) is 4.02. The Morgan fingerprint density at radius 1 is 1.33 bits per heavy atom. The number of hydrogen-bond donors (Lipinski definition) is 2. The molecule has 0 radical (unpaired) electrons. The summed E-state index contributed by atoms with van der Waals surface area (Å²) in [6.07, 6.45) is 0.477. The molecule has 8 heteroatoms. The Hall–Kier alpha value is -3.42. The summed E-state index contributed by atoms with van der Waals surface area (Å²) in [5.41, 5.74) is 1.71. The molecule has 1 amide bonds. The van der Waals surface area contributed by atoms with Crippen LogP contribution < -0.4 is 10.2 Å². The summed E-state index contributed by atoms with van der Waals surface area (Å²) in [6.45, 7) is 8.29. The van der Waals surface area contributed by atoms with Crippen molar-refractivity contribution in [3.8, 4) is 17.1 Å². The van der Waals surface area contributed by atoms with Gasteiger partial charge in [-0.1, -0.05) is 26.0 Å². The number of phenolic OH excluding ortho intramolecular Hbond substituents is 1. The lowest BCUT2D eigenvalue weighted by Gasteiger charge is -2.21. The van der Waals surface area contributed by atoms with E-state index in [1.165, 1.54) is 18.2 Å². The maximum atomic E-state index is 14.6. The monoisotopic (exact) mass is 458 g/mol. The molecule has 1 atom stereocenters. The Labute approximate surface area is 197 Å². The van der Waals surface area contributed by atoms with Crippen LogP contribution in [0.5, 0.6) is 5.75 Å². The smallest absolute Gasteiger partial charge is 0.407 e. The van der Waals surface area contributed by atoms with E-state index in [0.717, 1.165) is 23.9 Å². The summed E-state index contributed by atoms with van der Waals surface area (Å²) in [5, 5.41) is 14.0. The highest BCUT2D eigenvalue weighted by Crippen LogP contribution is 2.35. The van der Waals surface area contributed by atoms with Gasteiger partial charge in [-0.3, -0.25) is 0 Å². The minimum atomic E-state index is -0.573. The zero-order valence-electron chi connectivity index (χ0n) is 19.1. The van der Waals surface area contributed by atoms with Gasteiger partial charge in [0.1, 0.15) is 17.4 Å². The van der Waals surface area contributed by atoms with Crippen LogP contribution in [0.3, 0.4) is 0 Å². The Balaban J connectivity index is 0.00000216. The fraction of sp³-hybridized carbons (Fsp3) is 0.400. The summed E-state index contributed by atoms with van der Waals surface area (Å²) in [7, 11) is 0. The first-order valence-electron chi connectivity index (χ1n) is 11.2. The molecule has 3 aromatic rings. The molecule has 0 bridgehead atoms. The molecule has 2 heterocycles. The molecule has 0 aliphatic carbocycles. The molecule has 33 heavy (non-hydrogen) atoms. The summed E-state index contributed by atoms with van der Waals surface area (Å²) in [6, 6.07) is 10.1. The molecule has 1 fully saturated rings. The molecule has 4 rings (SSSR count). The SMILES string of the molecule is Cc1ccc2c(N3CC[C@@H](CNC(=O)OCC(C)C)C3)nc(-c3c(O)cccc3F)nc2c1.[HH].[HH].[HH]. The van der Waals surface area contributed by atoms with E-state index in [-0.39, 0.29) is 33.3 Å². The molecule has 0 unspecified atom stereocenters. The normalized spacial score (nSPS) is 15.9. The van der Waals surface area contributed by atoms with Crippen LogP contribution in [0.15, 0.2) is 36.4 Å². The number of amides is 1. The molecule has 1 saturated heterocycles. The van der Waals surface area contributed by atoms with Gasteiger partial charge in [0.15, 0.2) is 5.82 Å². The van der Waals surface area contributed by atoms with Gasteiger partial charge in [0, 0.05) is 29.3 Å². The molecule has 1 aromatic heterocycles. The maximum Gasteiger partial charge on any atom is 0.407 e. The minimum absolute atomic E-state index is 0. The zero-order chi connectivity index (χ0) is 23.5. The Morgan fingerprint density at radius 2 is 2.15 bits per heavy atom. The van der Waals surface area contributed by atoms with Gasteiger partial charge in [-0.2, -0.15) is 0 Å². The van der Waals surface area contributed by atoms with Gasteiger partial charge >= 0.3 is 6.09 Å².